The molecule has 0 unspecified atom stereocenters. The zero-order valence-electron chi connectivity index (χ0n) is 14.8. The minimum atomic E-state index is 0.590. The van der Waals surface area contributed by atoms with Gasteiger partial charge in [-0.05, 0) is 42.9 Å². The number of para-hydroxylation sites is 1. The molecule has 0 radical (unpaired) electrons. The number of hydrogen-bond acceptors (Lipinski definition) is 4. The fourth-order valence-corrected chi connectivity index (χ4v) is 3.48. The summed E-state index contributed by atoms with van der Waals surface area (Å²) < 4.78 is 5.83. The average molecular weight is 345 g/mol. The maximum Gasteiger partial charge on any atom is 0.224 e. The molecule has 132 valence electrons. The fourth-order valence-electron chi connectivity index (χ4n) is 3.48. The van der Waals surface area contributed by atoms with Crippen LogP contribution in [0.1, 0.15) is 18.4 Å². The Hall–Kier alpha value is -2.88. The third kappa shape index (κ3) is 4.20. The monoisotopic (exact) mass is 345 g/mol. The van der Waals surface area contributed by atoms with Crippen molar-refractivity contribution >= 4 is 5.82 Å². The van der Waals surface area contributed by atoms with Crippen LogP contribution in [0.25, 0.3) is 0 Å². The van der Waals surface area contributed by atoms with E-state index in [4.69, 9.17) is 4.74 Å². The Balaban J connectivity index is 1.36. The number of piperidine rings is 1. The number of benzene rings is 2. The van der Waals surface area contributed by atoms with Gasteiger partial charge in [0.15, 0.2) is 0 Å². The molecule has 0 bridgehead atoms. The van der Waals surface area contributed by atoms with Crippen LogP contribution < -0.4 is 9.64 Å². The van der Waals surface area contributed by atoms with Gasteiger partial charge in [0.2, 0.25) is 5.88 Å². The molecule has 2 aromatic carbocycles. The molecule has 0 atom stereocenters. The molecule has 4 nitrogen and oxygen atoms in total. The van der Waals surface area contributed by atoms with Gasteiger partial charge in [-0.1, -0.05) is 48.5 Å². The van der Waals surface area contributed by atoms with E-state index in [0.717, 1.165) is 30.6 Å². The second-order valence-corrected chi connectivity index (χ2v) is 6.75. The fraction of sp³-hybridized carbons (Fsp3) is 0.273. The van der Waals surface area contributed by atoms with Crippen molar-refractivity contribution in [3.63, 3.8) is 0 Å². The first-order chi connectivity index (χ1) is 12.9. The predicted molar refractivity (Wildman–Crippen MR) is 104 cm³/mol. The van der Waals surface area contributed by atoms with Crippen molar-refractivity contribution in [1.82, 2.24) is 9.97 Å². The number of aromatic nitrogens is 2. The van der Waals surface area contributed by atoms with Crippen LogP contribution in [0.4, 0.5) is 5.82 Å². The summed E-state index contributed by atoms with van der Waals surface area (Å²) in [5.74, 6) is 3.07. The van der Waals surface area contributed by atoms with Crippen molar-refractivity contribution in [2.24, 2.45) is 5.92 Å². The van der Waals surface area contributed by atoms with Crippen LogP contribution in [-0.2, 0) is 6.42 Å². The van der Waals surface area contributed by atoms with E-state index in [0.29, 0.717) is 5.88 Å². The summed E-state index contributed by atoms with van der Waals surface area (Å²) in [6.07, 6.45) is 5.13. The van der Waals surface area contributed by atoms with Crippen molar-refractivity contribution in [3.8, 4) is 11.6 Å². The Morgan fingerprint density at radius 2 is 1.58 bits per heavy atom. The largest absolute Gasteiger partial charge is 0.439 e. The smallest absolute Gasteiger partial charge is 0.224 e. The van der Waals surface area contributed by atoms with E-state index in [-0.39, 0.29) is 0 Å². The number of ether oxygens (including phenoxy) is 1. The van der Waals surface area contributed by atoms with E-state index in [1.165, 1.54) is 24.8 Å². The quantitative estimate of drug-likeness (QED) is 0.670. The van der Waals surface area contributed by atoms with Crippen molar-refractivity contribution in [2.45, 2.75) is 19.3 Å². The second-order valence-electron chi connectivity index (χ2n) is 6.75. The lowest BCUT2D eigenvalue weighted by Crippen LogP contribution is -2.34. The first kappa shape index (κ1) is 16.6. The van der Waals surface area contributed by atoms with Gasteiger partial charge in [-0.2, -0.15) is 0 Å². The highest BCUT2D eigenvalue weighted by molar-refractivity contribution is 5.42. The molecule has 0 aliphatic carbocycles. The molecule has 4 heteroatoms. The standard InChI is InChI=1S/C22H23N3O/c1-3-7-18(8-4-1)15-19-11-13-25(14-12-19)21-16-22(24-17-23-21)26-20-9-5-2-6-10-20/h1-10,16-17,19H,11-15H2. The number of rotatable bonds is 5. The number of nitrogens with zero attached hydrogens (tertiary/aromatic N) is 3. The van der Waals surface area contributed by atoms with Crippen LogP contribution in [0.15, 0.2) is 73.1 Å². The zero-order valence-corrected chi connectivity index (χ0v) is 14.8. The minimum Gasteiger partial charge on any atom is -0.439 e. The maximum absolute atomic E-state index is 5.83. The van der Waals surface area contributed by atoms with E-state index in [1.807, 2.05) is 36.4 Å². The Morgan fingerprint density at radius 1 is 0.885 bits per heavy atom. The summed E-state index contributed by atoms with van der Waals surface area (Å²) in [6, 6.07) is 22.4. The van der Waals surface area contributed by atoms with Crippen LogP contribution in [0, 0.1) is 5.92 Å². The molecule has 1 aromatic heterocycles. The molecule has 0 amide bonds. The van der Waals surface area contributed by atoms with E-state index in [9.17, 15) is 0 Å². The second kappa shape index (κ2) is 8.00. The predicted octanol–water partition coefficient (Wildman–Crippen LogP) is 4.73. The third-order valence-electron chi connectivity index (χ3n) is 4.90. The molecule has 1 fully saturated rings. The summed E-state index contributed by atoms with van der Waals surface area (Å²) in [5.41, 5.74) is 1.44. The third-order valence-corrected chi connectivity index (χ3v) is 4.90. The van der Waals surface area contributed by atoms with Gasteiger partial charge in [-0.15, -0.1) is 0 Å². The molecule has 1 aliphatic heterocycles. The highest BCUT2D eigenvalue weighted by Crippen LogP contribution is 2.27. The van der Waals surface area contributed by atoms with Crippen molar-refractivity contribution < 1.29 is 4.74 Å². The lowest BCUT2D eigenvalue weighted by Gasteiger charge is -2.32. The summed E-state index contributed by atoms with van der Waals surface area (Å²) in [6.45, 7) is 2.05. The summed E-state index contributed by atoms with van der Waals surface area (Å²) in [4.78, 5) is 11.0. The number of hydrogen-bond donors (Lipinski definition) is 0. The average Bonchev–Trinajstić information content (AvgIpc) is 2.70. The molecule has 0 saturated carbocycles. The highest BCUT2D eigenvalue weighted by Gasteiger charge is 2.21. The van der Waals surface area contributed by atoms with Gasteiger partial charge in [-0.25, -0.2) is 9.97 Å². The van der Waals surface area contributed by atoms with Gasteiger partial charge in [0.1, 0.15) is 17.9 Å². The van der Waals surface area contributed by atoms with Gasteiger partial charge in [0.25, 0.3) is 0 Å². The van der Waals surface area contributed by atoms with E-state index >= 15 is 0 Å². The lowest BCUT2D eigenvalue weighted by molar-refractivity contribution is 0.401. The molecule has 0 N–H and O–H groups in total. The van der Waals surface area contributed by atoms with Crippen molar-refractivity contribution in [2.75, 3.05) is 18.0 Å². The Labute approximate surface area is 154 Å². The van der Waals surface area contributed by atoms with Gasteiger partial charge >= 0.3 is 0 Å². The molecule has 4 rings (SSSR count). The molecule has 2 heterocycles. The first-order valence-corrected chi connectivity index (χ1v) is 9.20. The van der Waals surface area contributed by atoms with Crippen LogP contribution in [0.5, 0.6) is 11.6 Å². The lowest BCUT2D eigenvalue weighted by atomic mass is 9.90. The van der Waals surface area contributed by atoms with E-state index in [1.54, 1.807) is 6.33 Å². The molecule has 3 aromatic rings. The topological polar surface area (TPSA) is 38.2 Å². The van der Waals surface area contributed by atoms with Gasteiger partial charge in [0.05, 0.1) is 0 Å². The van der Waals surface area contributed by atoms with Gasteiger partial charge < -0.3 is 9.64 Å². The molecule has 1 aliphatic rings. The summed E-state index contributed by atoms with van der Waals surface area (Å²) in [5, 5.41) is 0. The minimum absolute atomic E-state index is 0.590. The van der Waals surface area contributed by atoms with Crippen LogP contribution in [-0.4, -0.2) is 23.1 Å². The zero-order chi connectivity index (χ0) is 17.6. The van der Waals surface area contributed by atoms with Crippen LogP contribution >= 0.6 is 0 Å². The van der Waals surface area contributed by atoms with Gasteiger partial charge in [0, 0.05) is 19.2 Å². The van der Waals surface area contributed by atoms with Crippen molar-refractivity contribution in [1.29, 1.82) is 0 Å². The Bertz CT molecular complexity index is 815. The Kier molecular flexibility index (Phi) is 5.10. The number of anilines is 1. The molecular formula is C22H23N3O. The van der Waals surface area contributed by atoms with Crippen LogP contribution in [0.2, 0.25) is 0 Å². The molecule has 26 heavy (non-hydrogen) atoms. The maximum atomic E-state index is 5.83. The SMILES string of the molecule is c1ccc(CC2CCN(c3cc(Oc4ccccc4)ncn3)CC2)cc1. The van der Waals surface area contributed by atoms with E-state index in [2.05, 4.69) is 45.2 Å². The normalized spacial score (nSPS) is 15.0. The van der Waals surface area contributed by atoms with Gasteiger partial charge in [-0.3, -0.25) is 0 Å². The highest BCUT2D eigenvalue weighted by atomic mass is 16.5. The molecule has 1 saturated heterocycles. The van der Waals surface area contributed by atoms with E-state index < -0.39 is 0 Å². The molecular weight excluding hydrogens is 322 g/mol. The Morgan fingerprint density at radius 3 is 2.31 bits per heavy atom. The summed E-state index contributed by atoms with van der Waals surface area (Å²) >= 11 is 0. The molecule has 0 spiro atoms. The van der Waals surface area contributed by atoms with Crippen LogP contribution in [0.3, 0.4) is 0 Å². The summed E-state index contributed by atoms with van der Waals surface area (Å²) in [7, 11) is 0. The first-order valence-electron chi connectivity index (χ1n) is 9.20. The van der Waals surface area contributed by atoms with Crippen molar-refractivity contribution in [3.05, 3.63) is 78.6 Å².